The standard InChI is InChI=1S/C22H26N2O5S/c1-3-29-17-9-8-16(12-18(17)28-2)13-19-21(26)24(22(27)30-19)11-10-23-20(25)14-15-6-4-5-7-15/h4,6,8-9,12-13,15H,3,5,7,10-11,14H2,1-2H3,(H,23,25)/b19-13-. The van der Waals surface area contributed by atoms with E-state index < -0.39 is 0 Å². The zero-order chi connectivity index (χ0) is 21.5. The van der Waals surface area contributed by atoms with Crippen LogP contribution in [0.5, 0.6) is 11.5 Å². The van der Waals surface area contributed by atoms with Crippen LogP contribution in [0.1, 0.15) is 31.7 Å². The zero-order valence-electron chi connectivity index (χ0n) is 17.2. The van der Waals surface area contributed by atoms with Crippen LogP contribution in [-0.4, -0.2) is 48.8 Å². The molecule has 0 bridgehead atoms. The molecule has 1 aliphatic heterocycles. The number of imide groups is 1. The summed E-state index contributed by atoms with van der Waals surface area (Å²) in [5.74, 6) is 1.05. The van der Waals surface area contributed by atoms with E-state index in [1.807, 2.05) is 6.92 Å². The minimum Gasteiger partial charge on any atom is -0.493 e. The van der Waals surface area contributed by atoms with Crippen LogP contribution < -0.4 is 14.8 Å². The second kappa shape index (κ2) is 10.3. The fourth-order valence-electron chi connectivity index (χ4n) is 3.38. The third-order valence-corrected chi connectivity index (χ3v) is 5.78. The van der Waals surface area contributed by atoms with Gasteiger partial charge in [-0.2, -0.15) is 0 Å². The van der Waals surface area contributed by atoms with E-state index in [0.717, 1.165) is 35.1 Å². The lowest BCUT2D eigenvalue weighted by atomic mass is 10.1. The van der Waals surface area contributed by atoms with E-state index in [1.54, 1.807) is 31.4 Å². The predicted octanol–water partition coefficient (Wildman–Crippen LogP) is 3.60. The minimum atomic E-state index is -0.356. The van der Waals surface area contributed by atoms with E-state index in [1.165, 1.54) is 0 Å². The van der Waals surface area contributed by atoms with Gasteiger partial charge in [-0.05, 0) is 61.2 Å². The molecule has 1 heterocycles. The maximum Gasteiger partial charge on any atom is 0.293 e. The number of hydrogen-bond donors (Lipinski definition) is 1. The molecule has 1 atom stereocenters. The molecule has 1 saturated heterocycles. The second-order valence-electron chi connectivity index (χ2n) is 7.00. The molecule has 1 fully saturated rings. The van der Waals surface area contributed by atoms with E-state index in [9.17, 15) is 14.4 Å². The number of carbonyl (C=O) groups is 3. The number of carbonyl (C=O) groups excluding carboxylic acids is 3. The first-order valence-electron chi connectivity index (χ1n) is 10.0. The van der Waals surface area contributed by atoms with Crippen molar-refractivity contribution in [2.75, 3.05) is 26.8 Å². The van der Waals surface area contributed by atoms with Gasteiger partial charge in [0.1, 0.15) is 0 Å². The van der Waals surface area contributed by atoms with Crippen molar-refractivity contribution in [2.45, 2.75) is 26.2 Å². The molecule has 0 aromatic heterocycles. The van der Waals surface area contributed by atoms with Gasteiger partial charge < -0.3 is 14.8 Å². The van der Waals surface area contributed by atoms with Gasteiger partial charge in [-0.1, -0.05) is 18.2 Å². The lowest BCUT2D eigenvalue weighted by molar-refractivity contribution is -0.124. The molecule has 1 unspecified atom stereocenters. The Morgan fingerprint density at radius 3 is 2.87 bits per heavy atom. The second-order valence-corrected chi connectivity index (χ2v) is 7.99. The summed E-state index contributed by atoms with van der Waals surface area (Å²) < 4.78 is 10.8. The largest absolute Gasteiger partial charge is 0.493 e. The quantitative estimate of drug-likeness (QED) is 0.476. The van der Waals surface area contributed by atoms with E-state index in [2.05, 4.69) is 17.5 Å². The monoisotopic (exact) mass is 430 g/mol. The summed E-state index contributed by atoms with van der Waals surface area (Å²) in [6.45, 7) is 2.80. The number of allylic oxidation sites excluding steroid dienone is 2. The number of nitrogens with one attached hydrogen (secondary N) is 1. The Morgan fingerprint density at radius 1 is 1.33 bits per heavy atom. The fraction of sp³-hybridized carbons (Fsp3) is 0.409. The first kappa shape index (κ1) is 22.0. The summed E-state index contributed by atoms with van der Waals surface area (Å²) in [4.78, 5) is 38.4. The first-order chi connectivity index (χ1) is 14.5. The van der Waals surface area contributed by atoms with Crippen LogP contribution >= 0.6 is 11.8 Å². The average Bonchev–Trinajstić information content (AvgIpc) is 3.32. The number of thioether (sulfide) groups is 1. The van der Waals surface area contributed by atoms with Crippen molar-refractivity contribution in [1.29, 1.82) is 0 Å². The molecule has 1 N–H and O–H groups in total. The molecule has 0 spiro atoms. The number of rotatable bonds is 9. The maximum absolute atomic E-state index is 12.6. The van der Waals surface area contributed by atoms with Gasteiger partial charge in [0.25, 0.3) is 11.1 Å². The Kier molecular flexibility index (Phi) is 7.57. The Balaban J connectivity index is 1.57. The maximum atomic E-state index is 12.6. The van der Waals surface area contributed by atoms with Gasteiger partial charge in [-0.3, -0.25) is 19.3 Å². The van der Waals surface area contributed by atoms with Crippen molar-refractivity contribution in [3.8, 4) is 11.5 Å². The van der Waals surface area contributed by atoms with Crippen LogP contribution in [0.3, 0.4) is 0 Å². The summed E-state index contributed by atoms with van der Waals surface area (Å²) in [5, 5.41) is 2.46. The summed E-state index contributed by atoms with van der Waals surface area (Å²) in [6, 6.07) is 5.34. The van der Waals surface area contributed by atoms with Gasteiger partial charge >= 0.3 is 0 Å². The van der Waals surface area contributed by atoms with Crippen molar-refractivity contribution >= 4 is 34.9 Å². The van der Waals surface area contributed by atoms with Crippen molar-refractivity contribution < 1.29 is 23.9 Å². The van der Waals surface area contributed by atoms with Gasteiger partial charge in [0, 0.05) is 19.5 Å². The molecule has 8 heteroatoms. The predicted molar refractivity (Wildman–Crippen MR) is 116 cm³/mol. The first-order valence-corrected chi connectivity index (χ1v) is 10.8. The SMILES string of the molecule is CCOc1ccc(/C=C2\SC(=O)N(CCNC(=O)CC3C=CCC3)C2=O)cc1OC. The Bertz CT molecular complexity index is 880. The van der Waals surface area contributed by atoms with Crippen molar-refractivity contribution in [3.63, 3.8) is 0 Å². The average molecular weight is 431 g/mol. The number of hydrogen-bond acceptors (Lipinski definition) is 6. The highest BCUT2D eigenvalue weighted by molar-refractivity contribution is 8.18. The summed E-state index contributed by atoms with van der Waals surface area (Å²) >= 11 is 0.894. The van der Waals surface area contributed by atoms with Gasteiger partial charge in [-0.15, -0.1) is 0 Å². The van der Waals surface area contributed by atoms with Crippen molar-refractivity contribution in [3.05, 3.63) is 40.8 Å². The van der Waals surface area contributed by atoms with Crippen molar-refractivity contribution in [1.82, 2.24) is 10.2 Å². The third-order valence-electron chi connectivity index (χ3n) is 4.88. The van der Waals surface area contributed by atoms with Crippen LogP contribution in [-0.2, 0) is 9.59 Å². The molecule has 1 aliphatic carbocycles. The van der Waals surface area contributed by atoms with Crippen LogP contribution in [0.25, 0.3) is 6.08 Å². The molecular formula is C22H26N2O5S. The van der Waals surface area contributed by atoms with Crippen molar-refractivity contribution in [2.24, 2.45) is 5.92 Å². The molecule has 0 saturated carbocycles. The van der Waals surface area contributed by atoms with Gasteiger partial charge in [0.05, 0.1) is 18.6 Å². The van der Waals surface area contributed by atoms with Gasteiger partial charge in [-0.25, -0.2) is 0 Å². The molecule has 1 aromatic rings. The van der Waals surface area contributed by atoms with Crippen LogP contribution in [0.2, 0.25) is 0 Å². The van der Waals surface area contributed by atoms with E-state index in [0.29, 0.717) is 29.4 Å². The summed E-state index contributed by atoms with van der Waals surface area (Å²) in [6.07, 6.45) is 8.27. The number of methoxy groups -OCH3 is 1. The van der Waals surface area contributed by atoms with E-state index >= 15 is 0 Å². The Hall–Kier alpha value is -2.74. The minimum absolute atomic E-state index is 0.0597. The molecule has 2 aliphatic rings. The highest BCUT2D eigenvalue weighted by atomic mass is 32.2. The van der Waals surface area contributed by atoms with Gasteiger partial charge in [0.2, 0.25) is 5.91 Å². The van der Waals surface area contributed by atoms with Crippen LogP contribution in [0.4, 0.5) is 4.79 Å². The Morgan fingerprint density at radius 2 is 2.17 bits per heavy atom. The summed E-state index contributed by atoms with van der Waals surface area (Å²) in [7, 11) is 1.55. The third kappa shape index (κ3) is 5.44. The number of amides is 3. The van der Waals surface area contributed by atoms with Crippen LogP contribution in [0.15, 0.2) is 35.3 Å². The van der Waals surface area contributed by atoms with E-state index in [-0.39, 0.29) is 36.1 Å². The van der Waals surface area contributed by atoms with Gasteiger partial charge in [0.15, 0.2) is 11.5 Å². The zero-order valence-corrected chi connectivity index (χ0v) is 18.0. The molecule has 0 radical (unpaired) electrons. The molecule has 30 heavy (non-hydrogen) atoms. The molecule has 7 nitrogen and oxygen atoms in total. The molecule has 160 valence electrons. The Labute approximate surface area is 180 Å². The smallest absolute Gasteiger partial charge is 0.293 e. The van der Waals surface area contributed by atoms with E-state index in [4.69, 9.17) is 9.47 Å². The lowest BCUT2D eigenvalue weighted by Gasteiger charge is -2.14. The fourth-order valence-corrected chi connectivity index (χ4v) is 4.24. The number of nitrogens with zero attached hydrogens (tertiary/aromatic N) is 1. The topological polar surface area (TPSA) is 84.9 Å². The summed E-state index contributed by atoms with van der Waals surface area (Å²) in [5.41, 5.74) is 0.735. The normalized spacial score (nSPS) is 19.6. The lowest BCUT2D eigenvalue weighted by Crippen LogP contribution is -2.37. The highest BCUT2D eigenvalue weighted by Crippen LogP contribution is 2.34. The van der Waals surface area contributed by atoms with Crippen LogP contribution in [0, 0.1) is 5.92 Å². The molecule has 3 amide bonds. The number of benzene rings is 1. The molecule has 3 rings (SSSR count). The molecule has 1 aromatic carbocycles. The molecular weight excluding hydrogens is 404 g/mol. The number of ether oxygens (including phenoxy) is 2. The highest BCUT2D eigenvalue weighted by Gasteiger charge is 2.34.